The monoisotopic (exact) mass is 411 g/mol. The second kappa shape index (κ2) is 7.75. The van der Waals surface area contributed by atoms with E-state index in [2.05, 4.69) is 69.7 Å². The summed E-state index contributed by atoms with van der Waals surface area (Å²) in [5.74, 6) is 2.28. The number of ether oxygens (including phenoxy) is 2. The zero-order valence-corrected chi connectivity index (χ0v) is 17.4. The highest BCUT2D eigenvalue weighted by molar-refractivity contribution is 5.87. The van der Waals surface area contributed by atoms with Crippen LogP contribution in [0.4, 0.5) is 0 Å². The molecule has 0 spiro atoms. The average Bonchev–Trinajstić information content (AvgIpc) is 3.50. The summed E-state index contributed by atoms with van der Waals surface area (Å²) >= 11 is 0. The Morgan fingerprint density at radius 2 is 1.81 bits per heavy atom. The van der Waals surface area contributed by atoms with Crippen molar-refractivity contribution in [2.45, 2.75) is 25.3 Å². The highest BCUT2D eigenvalue weighted by Crippen LogP contribution is 2.38. The minimum Gasteiger partial charge on any atom is -0.454 e. The van der Waals surface area contributed by atoms with Gasteiger partial charge < -0.3 is 9.47 Å². The van der Waals surface area contributed by atoms with E-state index in [9.17, 15) is 0 Å². The molecule has 0 unspecified atom stereocenters. The van der Waals surface area contributed by atoms with Crippen LogP contribution < -0.4 is 9.47 Å². The van der Waals surface area contributed by atoms with Crippen molar-refractivity contribution in [3.8, 4) is 22.6 Å². The fourth-order valence-corrected chi connectivity index (χ4v) is 4.93. The summed E-state index contributed by atoms with van der Waals surface area (Å²) in [6.07, 6.45) is 4.22. The number of hydrogen-bond acceptors (Lipinski definition) is 4. The molecule has 3 aromatic carbocycles. The molecule has 0 radical (unpaired) electrons. The van der Waals surface area contributed by atoms with Crippen molar-refractivity contribution in [2.75, 3.05) is 19.9 Å². The number of nitrogens with zero attached hydrogens (tertiary/aromatic N) is 2. The van der Waals surface area contributed by atoms with Gasteiger partial charge >= 0.3 is 0 Å². The van der Waals surface area contributed by atoms with Gasteiger partial charge in [-0.15, -0.1) is 0 Å². The molecule has 2 aliphatic heterocycles. The molecule has 1 fully saturated rings. The van der Waals surface area contributed by atoms with Crippen LogP contribution in [0.25, 0.3) is 21.9 Å². The predicted molar refractivity (Wildman–Crippen MR) is 121 cm³/mol. The van der Waals surface area contributed by atoms with Crippen LogP contribution in [0.15, 0.2) is 66.9 Å². The third-order valence-corrected chi connectivity index (χ3v) is 6.60. The lowest BCUT2D eigenvalue weighted by atomic mass is 9.89. The molecule has 156 valence electrons. The summed E-state index contributed by atoms with van der Waals surface area (Å²) in [6, 6.07) is 21.4. The van der Waals surface area contributed by atoms with Crippen LogP contribution >= 0.6 is 0 Å². The summed E-state index contributed by atoms with van der Waals surface area (Å²) in [5.41, 5.74) is 4.96. The second-order valence-corrected chi connectivity index (χ2v) is 8.46. The highest BCUT2D eigenvalue weighted by atomic mass is 16.7. The lowest BCUT2D eigenvalue weighted by molar-refractivity contribution is 0.169. The summed E-state index contributed by atoms with van der Waals surface area (Å²) < 4.78 is 11.2. The van der Waals surface area contributed by atoms with Crippen molar-refractivity contribution in [3.63, 3.8) is 0 Å². The summed E-state index contributed by atoms with van der Waals surface area (Å²) in [5, 5.41) is 10.3. The molecule has 5 heteroatoms. The van der Waals surface area contributed by atoms with Gasteiger partial charge in [0.2, 0.25) is 6.79 Å². The smallest absolute Gasteiger partial charge is 0.231 e. The first-order valence-electron chi connectivity index (χ1n) is 11.0. The molecular weight excluding hydrogens is 386 g/mol. The number of H-pyrrole nitrogens is 1. The van der Waals surface area contributed by atoms with Crippen LogP contribution in [0.2, 0.25) is 0 Å². The fraction of sp³-hybridized carbons (Fsp3) is 0.269. The minimum atomic E-state index is 0.325. The van der Waals surface area contributed by atoms with E-state index >= 15 is 0 Å². The molecule has 0 bridgehead atoms. The standard InChI is InChI=1S/C26H25N3O2/c1-2-5-20-14-21(9-8-18(20)4-1)23-15-27-28-25(23)19-10-12-29(13-11-19)16-22-6-3-7-24-26(22)31-17-30-24/h1-9,14-15,19H,10-13,16-17H2,(H,27,28). The number of rotatable bonds is 4. The van der Waals surface area contributed by atoms with Gasteiger partial charge in [0.25, 0.3) is 0 Å². The molecule has 31 heavy (non-hydrogen) atoms. The maximum absolute atomic E-state index is 5.68. The van der Waals surface area contributed by atoms with Crippen LogP contribution in [0.1, 0.15) is 30.0 Å². The van der Waals surface area contributed by atoms with Gasteiger partial charge in [-0.3, -0.25) is 10.00 Å². The molecule has 0 saturated carbocycles. The molecule has 4 aromatic rings. The highest BCUT2D eigenvalue weighted by Gasteiger charge is 2.26. The Labute approximate surface area is 181 Å². The Bertz CT molecular complexity index is 1220. The zero-order chi connectivity index (χ0) is 20.6. The molecule has 6 rings (SSSR count). The van der Waals surface area contributed by atoms with Gasteiger partial charge in [0.1, 0.15) is 0 Å². The SMILES string of the molecule is c1cc(CN2CCC(c3[nH]ncc3-c3ccc4ccccc4c3)CC2)c2c(c1)OCO2. The van der Waals surface area contributed by atoms with Crippen molar-refractivity contribution in [2.24, 2.45) is 0 Å². The number of para-hydroxylation sites is 1. The van der Waals surface area contributed by atoms with E-state index in [-0.39, 0.29) is 0 Å². The van der Waals surface area contributed by atoms with E-state index < -0.39 is 0 Å². The number of aromatic nitrogens is 2. The first-order chi connectivity index (χ1) is 15.3. The molecular formula is C26H25N3O2. The van der Waals surface area contributed by atoms with Crippen LogP contribution in [-0.2, 0) is 6.54 Å². The van der Waals surface area contributed by atoms with Crippen molar-refractivity contribution >= 4 is 10.8 Å². The van der Waals surface area contributed by atoms with Gasteiger partial charge in [-0.05, 0) is 54.4 Å². The zero-order valence-electron chi connectivity index (χ0n) is 17.4. The molecule has 0 aliphatic carbocycles. The van der Waals surface area contributed by atoms with E-state index in [4.69, 9.17) is 9.47 Å². The van der Waals surface area contributed by atoms with Gasteiger partial charge in [-0.25, -0.2) is 0 Å². The molecule has 1 aromatic heterocycles. The second-order valence-electron chi connectivity index (χ2n) is 8.46. The molecule has 0 atom stereocenters. The molecule has 3 heterocycles. The van der Waals surface area contributed by atoms with Crippen molar-refractivity contribution in [1.82, 2.24) is 15.1 Å². The first-order valence-corrected chi connectivity index (χ1v) is 11.0. The number of hydrogen-bond donors (Lipinski definition) is 1. The Hall–Kier alpha value is -3.31. The first kappa shape index (κ1) is 18.5. The van der Waals surface area contributed by atoms with E-state index in [1.165, 1.54) is 33.2 Å². The van der Waals surface area contributed by atoms with Gasteiger partial charge in [-0.1, -0.05) is 48.5 Å². The fourth-order valence-electron chi connectivity index (χ4n) is 4.93. The average molecular weight is 412 g/mol. The number of fused-ring (bicyclic) bond motifs is 2. The quantitative estimate of drug-likeness (QED) is 0.493. The lowest BCUT2D eigenvalue weighted by Crippen LogP contribution is -2.32. The largest absolute Gasteiger partial charge is 0.454 e. The van der Waals surface area contributed by atoms with Crippen LogP contribution in [0.5, 0.6) is 11.5 Å². The maximum Gasteiger partial charge on any atom is 0.231 e. The van der Waals surface area contributed by atoms with Gasteiger partial charge in [0.05, 0.1) is 6.20 Å². The molecule has 0 amide bonds. The Morgan fingerprint density at radius 3 is 2.71 bits per heavy atom. The van der Waals surface area contributed by atoms with E-state index in [1.54, 1.807) is 0 Å². The lowest BCUT2D eigenvalue weighted by Gasteiger charge is -2.32. The number of likely N-dealkylation sites (tertiary alicyclic amines) is 1. The third kappa shape index (κ3) is 3.45. The van der Waals surface area contributed by atoms with Gasteiger partial charge in [-0.2, -0.15) is 5.10 Å². The normalized spacial score (nSPS) is 16.8. The maximum atomic E-state index is 5.68. The van der Waals surface area contributed by atoms with Gasteiger partial charge in [0.15, 0.2) is 11.5 Å². The number of benzene rings is 3. The Morgan fingerprint density at radius 1 is 0.935 bits per heavy atom. The molecule has 1 N–H and O–H groups in total. The Balaban J connectivity index is 1.18. The van der Waals surface area contributed by atoms with E-state index in [0.29, 0.717) is 12.7 Å². The third-order valence-electron chi connectivity index (χ3n) is 6.60. The molecule has 2 aliphatic rings. The Kier molecular flexibility index (Phi) is 4.61. The number of nitrogens with one attached hydrogen (secondary N) is 1. The molecule has 1 saturated heterocycles. The summed E-state index contributed by atoms with van der Waals surface area (Å²) in [6.45, 7) is 3.35. The van der Waals surface area contributed by atoms with Crippen LogP contribution in [0, 0.1) is 0 Å². The summed E-state index contributed by atoms with van der Waals surface area (Å²) in [4.78, 5) is 2.51. The van der Waals surface area contributed by atoms with Crippen molar-refractivity contribution in [3.05, 3.63) is 78.1 Å². The minimum absolute atomic E-state index is 0.325. The van der Waals surface area contributed by atoms with E-state index in [0.717, 1.165) is 44.0 Å². The van der Waals surface area contributed by atoms with Crippen LogP contribution in [0.3, 0.4) is 0 Å². The van der Waals surface area contributed by atoms with Crippen molar-refractivity contribution < 1.29 is 9.47 Å². The summed E-state index contributed by atoms with van der Waals surface area (Å²) in [7, 11) is 0. The predicted octanol–water partition coefficient (Wildman–Crippen LogP) is 5.34. The van der Waals surface area contributed by atoms with Gasteiger partial charge in [0, 0.05) is 29.3 Å². The van der Waals surface area contributed by atoms with Crippen molar-refractivity contribution in [1.29, 1.82) is 0 Å². The van der Waals surface area contributed by atoms with Crippen LogP contribution in [-0.4, -0.2) is 35.0 Å². The topological polar surface area (TPSA) is 50.4 Å². The molecule has 5 nitrogen and oxygen atoms in total. The van der Waals surface area contributed by atoms with E-state index in [1.807, 2.05) is 12.3 Å². The number of piperidine rings is 1. The number of aromatic amines is 1.